The van der Waals surface area contributed by atoms with E-state index in [-0.39, 0.29) is 24.0 Å². The molecule has 4 rings (SSSR count). The fourth-order valence-corrected chi connectivity index (χ4v) is 3.84. The molecule has 3 aromatic rings. The van der Waals surface area contributed by atoms with Crippen LogP contribution in [0.25, 0.3) is 0 Å². The minimum atomic E-state index is -0.353. The molecule has 7 nitrogen and oxygen atoms in total. The van der Waals surface area contributed by atoms with Gasteiger partial charge in [0.05, 0.1) is 18.4 Å². The van der Waals surface area contributed by atoms with Crippen LogP contribution in [0.4, 0.5) is 10.8 Å². The van der Waals surface area contributed by atoms with E-state index in [1.165, 1.54) is 23.3 Å². The Morgan fingerprint density at radius 1 is 1.07 bits per heavy atom. The van der Waals surface area contributed by atoms with Gasteiger partial charge in [-0.2, -0.15) is 0 Å². The summed E-state index contributed by atoms with van der Waals surface area (Å²) in [5.74, 6) is -0.0692. The molecule has 8 heteroatoms. The van der Waals surface area contributed by atoms with Crippen LogP contribution in [0.5, 0.6) is 0 Å². The first-order valence-electron chi connectivity index (χ1n) is 9.06. The van der Waals surface area contributed by atoms with Crippen LogP contribution in [-0.4, -0.2) is 47.9 Å². The smallest absolute Gasteiger partial charge is 0.293 e. The van der Waals surface area contributed by atoms with Crippen LogP contribution in [0.2, 0.25) is 0 Å². The Hall–Kier alpha value is -3.13. The molecule has 3 heterocycles. The molecule has 0 aliphatic carbocycles. The molecule has 1 N–H and O–H groups in total. The highest BCUT2D eigenvalue weighted by Gasteiger charge is 2.22. The maximum atomic E-state index is 12.6. The number of carbonyl (C=O) groups is 2. The van der Waals surface area contributed by atoms with Gasteiger partial charge < -0.3 is 14.2 Å². The van der Waals surface area contributed by atoms with Gasteiger partial charge in [-0.05, 0) is 24.3 Å². The first-order valence-corrected chi connectivity index (χ1v) is 9.94. The largest absolute Gasteiger partial charge is 0.459 e. The Morgan fingerprint density at radius 2 is 1.86 bits per heavy atom. The molecule has 1 saturated heterocycles. The lowest BCUT2D eigenvalue weighted by Gasteiger charge is -2.36. The first-order chi connectivity index (χ1) is 13.7. The predicted octanol–water partition coefficient (Wildman–Crippen LogP) is 2.88. The third kappa shape index (κ3) is 4.23. The van der Waals surface area contributed by atoms with E-state index in [2.05, 4.69) is 27.3 Å². The number of nitrogens with zero attached hydrogens (tertiary/aromatic N) is 3. The van der Waals surface area contributed by atoms with Gasteiger partial charge in [0.1, 0.15) is 0 Å². The average Bonchev–Trinajstić information content (AvgIpc) is 3.41. The first kappa shape index (κ1) is 18.2. The van der Waals surface area contributed by atoms with Crippen LogP contribution in [0.15, 0.2) is 58.5 Å². The third-order valence-electron chi connectivity index (χ3n) is 4.60. The summed E-state index contributed by atoms with van der Waals surface area (Å²) in [5.41, 5.74) is 1.85. The SMILES string of the molecule is O=C(Nc1nc(CC(=O)N2CCN(c3ccccc3)CC2)cs1)c1ccco1. The molecule has 0 bridgehead atoms. The fraction of sp³-hybridized carbons (Fsp3) is 0.250. The van der Waals surface area contributed by atoms with E-state index in [0.29, 0.717) is 23.9 Å². The fourth-order valence-electron chi connectivity index (χ4n) is 3.13. The van der Waals surface area contributed by atoms with Crippen molar-refractivity contribution in [3.05, 3.63) is 65.6 Å². The lowest BCUT2D eigenvalue weighted by atomic mass is 10.2. The van der Waals surface area contributed by atoms with E-state index in [1.54, 1.807) is 17.5 Å². The van der Waals surface area contributed by atoms with E-state index < -0.39 is 0 Å². The summed E-state index contributed by atoms with van der Waals surface area (Å²) in [7, 11) is 0. The van der Waals surface area contributed by atoms with Crippen molar-refractivity contribution < 1.29 is 14.0 Å². The molecule has 2 amide bonds. The Bertz CT molecular complexity index is 932. The van der Waals surface area contributed by atoms with Crippen molar-refractivity contribution in [2.75, 3.05) is 36.4 Å². The Kier molecular flexibility index (Phi) is 5.38. The molecule has 2 aromatic heterocycles. The van der Waals surface area contributed by atoms with E-state index in [0.717, 1.165) is 13.1 Å². The van der Waals surface area contributed by atoms with Crippen molar-refractivity contribution >= 4 is 34.0 Å². The number of hydrogen-bond donors (Lipinski definition) is 1. The van der Waals surface area contributed by atoms with Gasteiger partial charge in [-0.25, -0.2) is 4.98 Å². The molecule has 144 valence electrons. The summed E-state index contributed by atoms with van der Waals surface area (Å²) in [6.45, 7) is 3.02. The zero-order valence-corrected chi connectivity index (χ0v) is 16.0. The van der Waals surface area contributed by atoms with Crippen molar-refractivity contribution in [2.24, 2.45) is 0 Å². The molecule has 1 aliphatic rings. The number of thiazole rings is 1. The molecule has 1 fully saturated rings. The highest BCUT2D eigenvalue weighted by molar-refractivity contribution is 7.14. The molecule has 1 aromatic carbocycles. The van der Waals surface area contributed by atoms with E-state index >= 15 is 0 Å². The zero-order valence-electron chi connectivity index (χ0n) is 15.2. The highest BCUT2D eigenvalue weighted by Crippen LogP contribution is 2.19. The van der Waals surface area contributed by atoms with E-state index in [4.69, 9.17) is 4.42 Å². The van der Waals surface area contributed by atoms with Gasteiger partial charge in [0.2, 0.25) is 5.91 Å². The number of piperazine rings is 1. The highest BCUT2D eigenvalue weighted by atomic mass is 32.1. The molecular formula is C20H20N4O3S. The van der Waals surface area contributed by atoms with E-state index in [9.17, 15) is 9.59 Å². The van der Waals surface area contributed by atoms with Gasteiger partial charge in [0, 0.05) is 37.2 Å². The standard InChI is InChI=1S/C20H20N4O3S/c25-18(24-10-8-23(9-11-24)16-5-2-1-3-6-16)13-15-14-28-20(21-15)22-19(26)17-7-4-12-27-17/h1-7,12,14H,8-11,13H2,(H,21,22,26). The zero-order chi connectivity index (χ0) is 19.3. The predicted molar refractivity (Wildman–Crippen MR) is 108 cm³/mol. The Morgan fingerprint density at radius 3 is 2.57 bits per heavy atom. The van der Waals surface area contributed by atoms with Gasteiger partial charge >= 0.3 is 0 Å². The number of para-hydroxylation sites is 1. The molecule has 28 heavy (non-hydrogen) atoms. The molecule has 1 aliphatic heterocycles. The van der Waals surface area contributed by atoms with Crippen LogP contribution in [0.1, 0.15) is 16.2 Å². The van der Waals surface area contributed by atoms with Crippen molar-refractivity contribution in [1.29, 1.82) is 0 Å². The molecule has 0 atom stereocenters. The van der Waals surface area contributed by atoms with Gasteiger partial charge in [0.15, 0.2) is 10.9 Å². The number of aromatic nitrogens is 1. The summed E-state index contributed by atoms with van der Waals surface area (Å²) in [6.07, 6.45) is 1.68. The van der Waals surface area contributed by atoms with Crippen molar-refractivity contribution in [3.63, 3.8) is 0 Å². The number of rotatable bonds is 5. The number of carbonyl (C=O) groups excluding carboxylic acids is 2. The molecule has 0 spiro atoms. The van der Waals surface area contributed by atoms with Crippen LogP contribution in [-0.2, 0) is 11.2 Å². The number of anilines is 2. The van der Waals surface area contributed by atoms with Gasteiger partial charge in [-0.1, -0.05) is 18.2 Å². The normalized spacial score (nSPS) is 14.1. The molecule has 0 radical (unpaired) electrons. The molecule has 0 unspecified atom stereocenters. The number of hydrogen-bond acceptors (Lipinski definition) is 6. The number of benzene rings is 1. The third-order valence-corrected chi connectivity index (χ3v) is 5.41. The summed E-state index contributed by atoms with van der Waals surface area (Å²) in [4.78, 5) is 33.1. The van der Waals surface area contributed by atoms with Gasteiger partial charge in [-0.15, -0.1) is 11.3 Å². The molecular weight excluding hydrogens is 376 g/mol. The maximum Gasteiger partial charge on any atom is 0.293 e. The number of amides is 2. The van der Waals surface area contributed by atoms with E-state index in [1.807, 2.05) is 23.1 Å². The minimum absolute atomic E-state index is 0.0573. The molecule has 0 saturated carbocycles. The minimum Gasteiger partial charge on any atom is -0.459 e. The van der Waals surface area contributed by atoms with Gasteiger partial charge in [-0.3, -0.25) is 14.9 Å². The Balaban J connectivity index is 1.29. The summed E-state index contributed by atoms with van der Waals surface area (Å²) >= 11 is 1.30. The quantitative estimate of drug-likeness (QED) is 0.717. The second-order valence-electron chi connectivity index (χ2n) is 6.46. The second-order valence-corrected chi connectivity index (χ2v) is 7.31. The summed E-state index contributed by atoms with van der Waals surface area (Å²) in [6, 6.07) is 13.5. The van der Waals surface area contributed by atoms with Crippen LogP contribution in [0.3, 0.4) is 0 Å². The lowest BCUT2D eigenvalue weighted by Crippen LogP contribution is -2.49. The second kappa shape index (κ2) is 8.26. The van der Waals surface area contributed by atoms with Crippen molar-refractivity contribution in [3.8, 4) is 0 Å². The topological polar surface area (TPSA) is 78.7 Å². The van der Waals surface area contributed by atoms with Gasteiger partial charge in [0.25, 0.3) is 5.91 Å². The lowest BCUT2D eigenvalue weighted by molar-refractivity contribution is -0.130. The average molecular weight is 396 g/mol. The Labute approximate surface area is 166 Å². The summed E-state index contributed by atoms with van der Waals surface area (Å²) in [5, 5.41) is 4.94. The van der Waals surface area contributed by atoms with Crippen LogP contribution in [0, 0.1) is 0 Å². The van der Waals surface area contributed by atoms with Crippen molar-refractivity contribution in [1.82, 2.24) is 9.88 Å². The number of nitrogens with one attached hydrogen (secondary N) is 1. The number of furan rings is 1. The monoisotopic (exact) mass is 396 g/mol. The van der Waals surface area contributed by atoms with Crippen LogP contribution >= 0.6 is 11.3 Å². The maximum absolute atomic E-state index is 12.6. The van der Waals surface area contributed by atoms with Crippen molar-refractivity contribution in [2.45, 2.75) is 6.42 Å². The summed E-state index contributed by atoms with van der Waals surface area (Å²) < 4.78 is 5.06. The van der Waals surface area contributed by atoms with Crippen LogP contribution < -0.4 is 10.2 Å².